The maximum Gasteiger partial charge on any atom is -0.00994 e. The van der Waals surface area contributed by atoms with Crippen molar-refractivity contribution in [3.05, 3.63) is 78.9 Å². The maximum atomic E-state index is 3.90. The van der Waals surface area contributed by atoms with Gasteiger partial charge in [0.2, 0.25) is 0 Å². The summed E-state index contributed by atoms with van der Waals surface area (Å²) >= 11 is 0. The summed E-state index contributed by atoms with van der Waals surface area (Å²) in [5.41, 5.74) is 3.68. The summed E-state index contributed by atoms with van der Waals surface area (Å²) in [5.74, 6) is 0. The van der Waals surface area contributed by atoms with Crippen molar-refractivity contribution >= 4 is 16.8 Å². The predicted octanol–water partition coefficient (Wildman–Crippen LogP) is 5.15. The summed E-state index contributed by atoms with van der Waals surface area (Å²) < 4.78 is 0. The monoisotopic (exact) mass is 230 g/mol. The van der Waals surface area contributed by atoms with Gasteiger partial charge in [0.25, 0.3) is 0 Å². The maximum absolute atomic E-state index is 3.90. The van der Waals surface area contributed by atoms with Gasteiger partial charge in [-0.2, -0.15) is 0 Å². The smallest absolute Gasteiger partial charge is 0.00994 e. The van der Waals surface area contributed by atoms with E-state index in [2.05, 4.69) is 67.2 Å². The second-order valence-electron chi connectivity index (χ2n) is 4.32. The second-order valence-corrected chi connectivity index (χ2v) is 4.32. The Morgan fingerprint density at radius 1 is 0.667 bits per heavy atom. The Morgan fingerprint density at radius 2 is 1.33 bits per heavy atom. The van der Waals surface area contributed by atoms with E-state index in [4.69, 9.17) is 0 Å². The minimum atomic E-state index is 1.17. The SMILES string of the molecule is C=Cc1ccccc1-c1cccc2ccccc12. The molecular weight excluding hydrogens is 216 g/mol. The van der Waals surface area contributed by atoms with Gasteiger partial charge in [-0.05, 0) is 27.5 Å². The van der Waals surface area contributed by atoms with Gasteiger partial charge in [0.1, 0.15) is 0 Å². The van der Waals surface area contributed by atoms with Gasteiger partial charge >= 0.3 is 0 Å². The molecule has 0 N–H and O–H groups in total. The first kappa shape index (κ1) is 10.8. The molecule has 0 atom stereocenters. The molecule has 0 radical (unpaired) electrons. The molecule has 0 aliphatic carbocycles. The van der Waals surface area contributed by atoms with Gasteiger partial charge in [0, 0.05) is 0 Å². The van der Waals surface area contributed by atoms with Crippen molar-refractivity contribution in [1.29, 1.82) is 0 Å². The number of fused-ring (bicyclic) bond motifs is 1. The van der Waals surface area contributed by atoms with Crippen LogP contribution < -0.4 is 0 Å². The minimum absolute atomic E-state index is 1.17. The Hall–Kier alpha value is -2.34. The van der Waals surface area contributed by atoms with Crippen LogP contribution in [0.3, 0.4) is 0 Å². The zero-order valence-corrected chi connectivity index (χ0v) is 10.1. The van der Waals surface area contributed by atoms with Crippen molar-refractivity contribution in [3.8, 4) is 11.1 Å². The highest BCUT2D eigenvalue weighted by Gasteiger charge is 2.05. The van der Waals surface area contributed by atoms with Gasteiger partial charge in [-0.1, -0.05) is 79.4 Å². The van der Waals surface area contributed by atoms with Gasteiger partial charge in [-0.15, -0.1) is 0 Å². The van der Waals surface area contributed by atoms with Crippen molar-refractivity contribution in [1.82, 2.24) is 0 Å². The summed E-state index contributed by atoms with van der Waals surface area (Å²) in [5, 5.41) is 2.56. The van der Waals surface area contributed by atoms with Crippen molar-refractivity contribution in [2.24, 2.45) is 0 Å². The average Bonchev–Trinajstić information content (AvgIpc) is 2.46. The number of rotatable bonds is 2. The molecule has 3 rings (SSSR count). The van der Waals surface area contributed by atoms with Crippen molar-refractivity contribution in [2.45, 2.75) is 0 Å². The van der Waals surface area contributed by atoms with Crippen LogP contribution in [0.4, 0.5) is 0 Å². The van der Waals surface area contributed by atoms with Gasteiger partial charge in [-0.3, -0.25) is 0 Å². The summed E-state index contributed by atoms with van der Waals surface area (Å²) in [6, 6.07) is 23.3. The second kappa shape index (κ2) is 4.50. The van der Waals surface area contributed by atoms with E-state index in [1.54, 1.807) is 0 Å². The Kier molecular flexibility index (Phi) is 2.70. The van der Waals surface area contributed by atoms with Crippen LogP contribution in [0.2, 0.25) is 0 Å². The third-order valence-corrected chi connectivity index (χ3v) is 3.26. The minimum Gasteiger partial charge on any atom is -0.0984 e. The average molecular weight is 230 g/mol. The Balaban J connectivity index is 2.35. The summed E-state index contributed by atoms with van der Waals surface area (Å²) in [4.78, 5) is 0. The first-order valence-electron chi connectivity index (χ1n) is 6.10. The summed E-state index contributed by atoms with van der Waals surface area (Å²) in [6.07, 6.45) is 1.91. The highest BCUT2D eigenvalue weighted by Crippen LogP contribution is 2.31. The molecule has 0 unspecified atom stereocenters. The molecule has 0 nitrogen and oxygen atoms in total. The van der Waals surface area contributed by atoms with Gasteiger partial charge in [-0.25, -0.2) is 0 Å². The molecule has 3 aromatic rings. The molecule has 0 fully saturated rings. The summed E-state index contributed by atoms with van der Waals surface area (Å²) in [6.45, 7) is 3.90. The fourth-order valence-electron chi connectivity index (χ4n) is 2.38. The van der Waals surface area contributed by atoms with Gasteiger partial charge < -0.3 is 0 Å². The standard InChI is InChI=1S/C18H14/c1-2-14-8-3-5-11-16(14)18-13-7-10-15-9-4-6-12-17(15)18/h2-13H,1H2. The van der Waals surface area contributed by atoms with E-state index in [0.29, 0.717) is 0 Å². The molecule has 0 aromatic heterocycles. The number of hydrogen-bond acceptors (Lipinski definition) is 0. The fourth-order valence-corrected chi connectivity index (χ4v) is 2.38. The van der Waals surface area contributed by atoms with Crippen LogP contribution in [-0.4, -0.2) is 0 Å². The van der Waals surface area contributed by atoms with Crippen LogP contribution in [0, 0.1) is 0 Å². The summed E-state index contributed by atoms with van der Waals surface area (Å²) in [7, 11) is 0. The van der Waals surface area contributed by atoms with Crippen LogP contribution in [0.1, 0.15) is 5.56 Å². The van der Waals surface area contributed by atoms with E-state index in [-0.39, 0.29) is 0 Å². The lowest BCUT2D eigenvalue weighted by atomic mass is 9.95. The molecule has 0 heteroatoms. The van der Waals surface area contributed by atoms with Crippen LogP contribution in [0.5, 0.6) is 0 Å². The Bertz CT molecular complexity index is 703. The van der Waals surface area contributed by atoms with E-state index in [9.17, 15) is 0 Å². The first-order chi connectivity index (χ1) is 8.90. The third kappa shape index (κ3) is 1.72. The van der Waals surface area contributed by atoms with Crippen LogP contribution in [0.25, 0.3) is 28.0 Å². The zero-order valence-electron chi connectivity index (χ0n) is 10.1. The Morgan fingerprint density at radius 3 is 2.22 bits per heavy atom. The van der Waals surface area contributed by atoms with E-state index in [1.807, 2.05) is 12.1 Å². The number of hydrogen-bond donors (Lipinski definition) is 0. The highest BCUT2D eigenvalue weighted by atomic mass is 14.1. The molecule has 86 valence electrons. The first-order valence-corrected chi connectivity index (χ1v) is 6.10. The zero-order chi connectivity index (χ0) is 12.4. The molecule has 0 saturated carbocycles. The highest BCUT2D eigenvalue weighted by molar-refractivity contribution is 5.98. The molecule has 3 aromatic carbocycles. The van der Waals surface area contributed by atoms with Gasteiger partial charge in [0.05, 0.1) is 0 Å². The molecule has 0 amide bonds. The van der Waals surface area contributed by atoms with Crippen LogP contribution in [-0.2, 0) is 0 Å². The molecule has 18 heavy (non-hydrogen) atoms. The van der Waals surface area contributed by atoms with Crippen LogP contribution >= 0.6 is 0 Å². The van der Waals surface area contributed by atoms with Crippen molar-refractivity contribution < 1.29 is 0 Å². The lowest BCUT2D eigenvalue weighted by molar-refractivity contribution is 1.62. The molecule has 0 saturated heterocycles. The lowest BCUT2D eigenvalue weighted by Gasteiger charge is -2.09. The van der Waals surface area contributed by atoms with Gasteiger partial charge in [0.15, 0.2) is 0 Å². The molecular formula is C18H14. The quantitative estimate of drug-likeness (QED) is 0.571. The van der Waals surface area contributed by atoms with E-state index in [1.165, 1.54) is 27.5 Å². The van der Waals surface area contributed by atoms with E-state index in [0.717, 1.165) is 0 Å². The molecule has 0 heterocycles. The van der Waals surface area contributed by atoms with E-state index >= 15 is 0 Å². The molecule has 0 spiro atoms. The van der Waals surface area contributed by atoms with Crippen molar-refractivity contribution in [3.63, 3.8) is 0 Å². The Labute approximate surface area is 107 Å². The fraction of sp³-hybridized carbons (Fsp3) is 0. The lowest BCUT2D eigenvalue weighted by Crippen LogP contribution is -1.84. The predicted molar refractivity (Wildman–Crippen MR) is 79.5 cm³/mol. The number of benzene rings is 3. The van der Waals surface area contributed by atoms with Crippen LogP contribution in [0.15, 0.2) is 73.3 Å². The largest absolute Gasteiger partial charge is 0.0984 e. The van der Waals surface area contributed by atoms with E-state index < -0.39 is 0 Å². The topological polar surface area (TPSA) is 0 Å². The molecule has 0 aliphatic rings. The van der Waals surface area contributed by atoms with Crippen molar-refractivity contribution in [2.75, 3.05) is 0 Å². The molecule has 0 bridgehead atoms. The molecule has 0 aliphatic heterocycles. The normalized spacial score (nSPS) is 10.4. The third-order valence-electron chi connectivity index (χ3n) is 3.26.